The van der Waals surface area contributed by atoms with Crippen LogP contribution in [0.25, 0.3) is 0 Å². The number of likely N-dealkylation sites (N-methyl/N-ethyl adjacent to an activating group) is 1. The Morgan fingerprint density at radius 1 is 1.26 bits per heavy atom. The quantitative estimate of drug-likeness (QED) is 0.745. The summed E-state index contributed by atoms with van der Waals surface area (Å²) in [5.41, 5.74) is 2.00. The number of hydrogen-bond acceptors (Lipinski definition) is 4. The molecular weight excluding hydrogens is 291 g/mol. The SMILES string of the molecule is CCCC1=CC(CC)(NCC)N=C(Nc2ccc(C)cc2F)N1. The fraction of sp³-hybridized carbons (Fsp3) is 0.500. The second-order valence-electron chi connectivity index (χ2n) is 5.92. The minimum atomic E-state index is -0.436. The lowest BCUT2D eigenvalue weighted by atomic mass is 10.0. The highest BCUT2D eigenvalue weighted by atomic mass is 19.1. The summed E-state index contributed by atoms with van der Waals surface area (Å²) in [6.07, 6.45) is 4.95. The summed E-state index contributed by atoms with van der Waals surface area (Å²) in [4.78, 5) is 4.75. The van der Waals surface area contributed by atoms with E-state index in [1.54, 1.807) is 6.07 Å². The second-order valence-corrected chi connectivity index (χ2v) is 5.92. The molecule has 0 radical (unpaired) electrons. The van der Waals surface area contributed by atoms with Gasteiger partial charge in [0, 0.05) is 5.70 Å². The van der Waals surface area contributed by atoms with E-state index in [1.807, 2.05) is 13.0 Å². The van der Waals surface area contributed by atoms with Crippen molar-refractivity contribution < 1.29 is 4.39 Å². The number of allylic oxidation sites excluding steroid dienone is 1. The van der Waals surface area contributed by atoms with Gasteiger partial charge in [0.25, 0.3) is 0 Å². The van der Waals surface area contributed by atoms with Gasteiger partial charge >= 0.3 is 0 Å². The van der Waals surface area contributed by atoms with Crippen molar-refractivity contribution in [3.8, 4) is 0 Å². The average molecular weight is 318 g/mol. The van der Waals surface area contributed by atoms with Gasteiger partial charge in [-0.3, -0.25) is 5.32 Å². The molecule has 1 aliphatic heterocycles. The van der Waals surface area contributed by atoms with Crippen molar-refractivity contribution in [3.63, 3.8) is 0 Å². The molecule has 0 aliphatic carbocycles. The lowest BCUT2D eigenvalue weighted by Gasteiger charge is -2.33. The number of benzene rings is 1. The van der Waals surface area contributed by atoms with Gasteiger partial charge < -0.3 is 10.6 Å². The monoisotopic (exact) mass is 318 g/mol. The molecule has 0 saturated carbocycles. The molecule has 1 atom stereocenters. The maximum Gasteiger partial charge on any atom is 0.202 e. The van der Waals surface area contributed by atoms with Crippen LogP contribution in [-0.2, 0) is 0 Å². The van der Waals surface area contributed by atoms with E-state index in [4.69, 9.17) is 4.99 Å². The molecule has 5 heteroatoms. The number of guanidine groups is 1. The van der Waals surface area contributed by atoms with Gasteiger partial charge in [0.1, 0.15) is 11.5 Å². The molecule has 0 saturated heterocycles. The van der Waals surface area contributed by atoms with Crippen LogP contribution in [0.15, 0.2) is 35.0 Å². The highest BCUT2D eigenvalue weighted by Crippen LogP contribution is 2.23. The number of halogens is 1. The van der Waals surface area contributed by atoms with Crippen molar-refractivity contribution in [2.75, 3.05) is 11.9 Å². The van der Waals surface area contributed by atoms with E-state index in [1.165, 1.54) is 6.07 Å². The first-order chi connectivity index (χ1) is 11.0. The molecule has 1 aromatic carbocycles. The van der Waals surface area contributed by atoms with E-state index < -0.39 is 5.66 Å². The van der Waals surface area contributed by atoms with E-state index in [0.29, 0.717) is 11.6 Å². The number of anilines is 1. The molecule has 1 aliphatic rings. The molecule has 0 amide bonds. The minimum absolute atomic E-state index is 0.272. The maximum atomic E-state index is 14.1. The zero-order valence-electron chi connectivity index (χ0n) is 14.5. The van der Waals surface area contributed by atoms with Crippen molar-refractivity contribution in [3.05, 3.63) is 41.4 Å². The fourth-order valence-corrected chi connectivity index (χ4v) is 2.75. The summed E-state index contributed by atoms with van der Waals surface area (Å²) in [6.45, 7) is 9.00. The molecule has 2 rings (SSSR count). The van der Waals surface area contributed by atoms with Gasteiger partial charge in [0.15, 0.2) is 0 Å². The third kappa shape index (κ3) is 4.32. The van der Waals surface area contributed by atoms with Crippen LogP contribution in [0.3, 0.4) is 0 Å². The summed E-state index contributed by atoms with van der Waals surface area (Å²) in [6, 6.07) is 5.15. The number of aryl methyl sites for hydroxylation is 1. The zero-order chi connectivity index (χ0) is 16.9. The third-order valence-corrected chi connectivity index (χ3v) is 3.92. The van der Waals surface area contributed by atoms with Crippen LogP contribution in [-0.4, -0.2) is 18.2 Å². The summed E-state index contributed by atoms with van der Waals surface area (Å²) >= 11 is 0. The molecule has 0 fully saturated rings. The van der Waals surface area contributed by atoms with Gasteiger partial charge in [0.2, 0.25) is 5.96 Å². The Hall–Kier alpha value is -1.88. The average Bonchev–Trinajstić information content (AvgIpc) is 2.50. The van der Waals surface area contributed by atoms with E-state index >= 15 is 0 Å². The molecule has 126 valence electrons. The topological polar surface area (TPSA) is 48.5 Å². The van der Waals surface area contributed by atoms with Crippen LogP contribution in [0.1, 0.15) is 45.6 Å². The number of hydrogen-bond donors (Lipinski definition) is 3. The van der Waals surface area contributed by atoms with Gasteiger partial charge in [0.05, 0.1) is 5.69 Å². The first kappa shape index (κ1) is 17.5. The summed E-state index contributed by atoms with van der Waals surface area (Å²) in [5.74, 6) is 0.313. The molecule has 1 aromatic rings. The normalized spacial score (nSPS) is 20.6. The first-order valence-corrected chi connectivity index (χ1v) is 8.38. The Labute approximate surface area is 138 Å². The smallest absolute Gasteiger partial charge is 0.202 e. The lowest BCUT2D eigenvalue weighted by Crippen LogP contribution is -2.48. The molecule has 1 heterocycles. The Balaban J connectivity index is 2.29. The molecule has 1 unspecified atom stereocenters. The van der Waals surface area contributed by atoms with Gasteiger partial charge in [-0.25, -0.2) is 9.38 Å². The Kier molecular flexibility index (Phi) is 5.77. The van der Waals surface area contributed by atoms with Crippen molar-refractivity contribution in [2.24, 2.45) is 4.99 Å². The van der Waals surface area contributed by atoms with Crippen LogP contribution < -0.4 is 16.0 Å². The number of nitrogens with zero attached hydrogens (tertiary/aromatic N) is 1. The maximum absolute atomic E-state index is 14.1. The zero-order valence-corrected chi connectivity index (χ0v) is 14.5. The van der Waals surface area contributed by atoms with Gasteiger partial charge in [-0.1, -0.05) is 33.3 Å². The predicted molar refractivity (Wildman–Crippen MR) is 95.0 cm³/mol. The lowest BCUT2D eigenvalue weighted by molar-refractivity contribution is 0.405. The molecule has 0 spiro atoms. The Bertz CT molecular complexity index is 609. The molecule has 23 heavy (non-hydrogen) atoms. The van der Waals surface area contributed by atoms with E-state index in [9.17, 15) is 4.39 Å². The van der Waals surface area contributed by atoms with Crippen LogP contribution in [0, 0.1) is 12.7 Å². The van der Waals surface area contributed by atoms with Crippen LogP contribution in [0.4, 0.5) is 10.1 Å². The molecular formula is C18H27FN4. The largest absolute Gasteiger partial charge is 0.330 e. The molecule has 0 aromatic heterocycles. The van der Waals surface area contributed by atoms with Crippen molar-refractivity contribution in [1.29, 1.82) is 0 Å². The Morgan fingerprint density at radius 3 is 2.65 bits per heavy atom. The Morgan fingerprint density at radius 2 is 2.04 bits per heavy atom. The highest BCUT2D eigenvalue weighted by molar-refractivity contribution is 5.95. The fourth-order valence-electron chi connectivity index (χ4n) is 2.75. The number of rotatable bonds is 6. The van der Waals surface area contributed by atoms with Gasteiger partial charge in [-0.2, -0.15) is 0 Å². The van der Waals surface area contributed by atoms with Crippen molar-refractivity contribution in [1.82, 2.24) is 10.6 Å². The first-order valence-electron chi connectivity index (χ1n) is 8.38. The predicted octanol–water partition coefficient (Wildman–Crippen LogP) is 3.91. The van der Waals surface area contributed by atoms with Gasteiger partial charge in [-0.15, -0.1) is 0 Å². The highest BCUT2D eigenvalue weighted by Gasteiger charge is 2.29. The number of aliphatic imine (C=N–C) groups is 1. The third-order valence-electron chi connectivity index (χ3n) is 3.92. The van der Waals surface area contributed by atoms with Crippen molar-refractivity contribution in [2.45, 2.75) is 52.6 Å². The standard InChI is InChI=1S/C18H27FN4/c1-5-8-14-12-18(6-2,20-7-3)23-17(21-14)22-16-10-9-13(4)11-15(16)19/h9-12,20H,5-8H2,1-4H3,(H2,21,22,23). The van der Waals surface area contributed by atoms with Crippen LogP contribution in [0.5, 0.6) is 0 Å². The van der Waals surface area contributed by atoms with Gasteiger partial charge in [-0.05, 0) is 50.1 Å². The number of nitrogens with one attached hydrogen (secondary N) is 3. The van der Waals surface area contributed by atoms with Crippen LogP contribution >= 0.6 is 0 Å². The summed E-state index contributed by atoms with van der Waals surface area (Å²) in [5, 5.41) is 9.82. The van der Waals surface area contributed by atoms with E-state index in [2.05, 4.69) is 42.8 Å². The van der Waals surface area contributed by atoms with E-state index in [-0.39, 0.29) is 5.82 Å². The molecule has 4 nitrogen and oxygen atoms in total. The van der Waals surface area contributed by atoms with E-state index in [0.717, 1.165) is 37.1 Å². The minimum Gasteiger partial charge on any atom is -0.330 e. The van der Waals surface area contributed by atoms with Crippen molar-refractivity contribution >= 4 is 11.6 Å². The molecule has 0 bridgehead atoms. The molecule has 3 N–H and O–H groups in total. The summed E-state index contributed by atoms with van der Waals surface area (Å²) < 4.78 is 14.1. The summed E-state index contributed by atoms with van der Waals surface area (Å²) in [7, 11) is 0. The van der Waals surface area contributed by atoms with Crippen LogP contribution in [0.2, 0.25) is 0 Å². The second kappa shape index (κ2) is 7.59.